The van der Waals surface area contributed by atoms with Crippen LogP contribution < -0.4 is 5.32 Å². The normalized spacial score (nSPS) is 23.3. The number of rotatable bonds is 4. The Kier molecular flexibility index (Phi) is 4.96. The van der Waals surface area contributed by atoms with E-state index in [0.717, 1.165) is 68.1 Å². The number of hydrogen-bond donors (Lipinski definition) is 2. The van der Waals surface area contributed by atoms with Crippen LogP contribution in [0.1, 0.15) is 44.1 Å². The molecule has 1 aliphatic heterocycles. The van der Waals surface area contributed by atoms with Crippen molar-refractivity contribution in [1.29, 1.82) is 0 Å². The molecule has 2 amide bonds. The molecule has 138 valence electrons. The fourth-order valence-corrected chi connectivity index (χ4v) is 4.53. The third kappa shape index (κ3) is 3.35. The van der Waals surface area contributed by atoms with Gasteiger partial charge in [0.25, 0.3) is 0 Å². The topological polar surface area (TPSA) is 65.2 Å². The summed E-state index contributed by atoms with van der Waals surface area (Å²) in [6.45, 7) is 2.23. The van der Waals surface area contributed by atoms with E-state index in [1.807, 2.05) is 35.4 Å². The van der Waals surface area contributed by atoms with E-state index in [1.165, 1.54) is 0 Å². The number of aromatic nitrogens is 1. The first-order valence-electron chi connectivity index (χ1n) is 9.85. The van der Waals surface area contributed by atoms with Gasteiger partial charge in [0.15, 0.2) is 0 Å². The SMILES string of the molecule is O=C(NCc1cccc2[nH]ccc12)C1CCCCC1C(=O)N1CCCC1. The Morgan fingerprint density at radius 3 is 2.62 bits per heavy atom. The molecule has 1 saturated carbocycles. The average molecular weight is 353 g/mol. The first-order chi connectivity index (χ1) is 12.7. The number of hydrogen-bond acceptors (Lipinski definition) is 2. The van der Waals surface area contributed by atoms with E-state index < -0.39 is 0 Å². The molecule has 0 spiro atoms. The lowest BCUT2D eigenvalue weighted by Crippen LogP contribution is -2.44. The van der Waals surface area contributed by atoms with Crippen molar-refractivity contribution in [2.45, 2.75) is 45.1 Å². The Labute approximate surface area is 154 Å². The van der Waals surface area contributed by atoms with Crippen molar-refractivity contribution in [3.8, 4) is 0 Å². The van der Waals surface area contributed by atoms with Crippen LogP contribution in [0.25, 0.3) is 10.9 Å². The molecule has 4 rings (SSSR count). The number of nitrogens with one attached hydrogen (secondary N) is 2. The highest BCUT2D eigenvalue weighted by Gasteiger charge is 2.38. The van der Waals surface area contributed by atoms with Gasteiger partial charge in [0.2, 0.25) is 11.8 Å². The molecule has 2 unspecified atom stereocenters. The zero-order valence-corrected chi connectivity index (χ0v) is 15.2. The van der Waals surface area contributed by atoms with Gasteiger partial charge in [0.05, 0.1) is 0 Å². The maximum atomic E-state index is 12.9. The number of amides is 2. The standard InChI is InChI=1S/C21H27N3O2/c25-20(23-14-15-6-5-9-19-16(15)10-11-22-19)17-7-1-2-8-18(17)21(26)24-12-3-4-13-24/h5-6,9-11,17-18,22H,1-4,7-8,12-14H2,(H,23,25). The number of carbonyl (C=O) groups excluding carboxylic acids is 2. The fourth-order valence-electron chi connectivity index (χ4n) is 4.53. The quantitative estimate of drug-likeness (QED) is 0.886. The van der Waals surface area contributed by atoms with Gasteiger partial charge in [0, 0.05) is 48.6 Å². The molecule has 5 heteroatoms. The number of carbonyl (C=O) groups is 2. The average Bonchev–Trinajstić information content (AvgIpc) is 3.37. The van der Waals surface area contributed by atoms with Crippen molar-refractivity contribution in [3.63, 3.8) is 0 Å². The van der Waals surface area contributed by atoms with Gasteiger partial charge in [-0.1, -0.05) is 25.0 Å². The van der Waals surface area contributed by atoms with Crippen LogP contribution in [-0.4, -0.2) is 34.8 Å². The minimum Gasteiger partial charge on any atom is -0.361 e. The highest BCUT2D eigenvalue weighted by molar-refractivity contribution is 5.88. The summed E-state index contributed by atoms with van der Waals surface area (Å²) in [5.74, 6) is -0.0722. The molecule has 5 nitrogen and oxygen atoms in total. The summed E-state index contributed by atoms with van der Waals surface area (Å²) in [7, 11) is 0. The van der Waals surface area contributed by atoms with Crippen molar-refractivity contribution in [3.05, 3.63) is 36.0 Å². The molecule has 1 aromatic heterocycles. The van der Waals surface area contributed by atoms with Gasteiger partial charge in [-0.3, -0.25) is 9.59 Å². The van der Waals surface area contributed by atoms with Gasteiger partial charge in [-0.25, -0.2) is 0 Å². The van der Waals surface area contributed by atoms with E-state index in [1.54, 1.807) is 0 Å². The summed E-state index contributed by atoms with van der Waals surface area (Å²) in [6, 6.07) is 8.12. The summed E-state index contributed by atoms with van der Waals surface area (Å²) in [5, 5.41) is 4.24. The number of H-pyrrole nitrogens is 1. The fraction of sp³-hybridized carbons (Fsp3) is 0.524. The van der Waals surface area contributed by atoms with E-state index in [-0.39, 0.29) is 23.7 Å². The smallest absolute Gasteiger partial charge is 0.226 e. The molecule has 2 fully saturated rings. The molecule has 2 aliphatic rings. The van der Waals surface area contributed by atoms with Crippen molar-refractivity contribution in [2.24, 2.45) is 11.8 Å². The van der Waals surface area contributed by atoms with Gasteiger partial charge in [-0.15, -0.1) is 0 Å². The molecule has 1 aliphatic carbocycles. The first-order valence-corrected chi connectivity index (χ1v) is 9.85. The van der Waals surface area contributed by atoms with Crippen molar-refractivity contribution < 1.29 is 9.59 Å². The predicted molar refractivity (Wildman–Crippen MR) is 101 cm³/mol. The van der Waals surface area contributed by atoms with E-state index in [9.17, 15) is 9.59 Å². The summed E-state index contributed by atoms with van der Waals surface area (Å²) in [5.41, 5.74) is 2.19. The Hall–Kier alpha value is -2.30. The number of fused-ring (bicyclic) bond motifs is 1. The highest BCUT2D eigenvalue weighted by Crippen LogP contribution is 2.32. The van der Waals surface area contributed by atoms with Crippen molar-refractivity contribution >= 4 is 22.7 Å². The molecular formula is C21H27N3O2. The Morgan fingerprint density at radius 1 is 1.04 bits per heavy atom. The minimum atomic E-state index is -0.178. The zero-order chi connectivity index (χ0) is 17.9. The molecule has 0 bridgehead atoms. The third-order valence-corrected chi connectivity index (χ3v) is 5.98. The van der Waals surface area contributed by atoms with Crippen LogP contribution in [-0.2, 0) is 16.1 Å². The lowest BCUT2D eigenvalue weighted by Gasteiger charge is -2.32. The van der Waals surface area contributed by atoms with E-state index in [0.29, 0.717) is 6.54 Å². The summed E-state index contributed by atoms with van der Waals surface area (Å²) in [4.78, 5) is 30.9. The molecular weight excluding hydrogens is 326 g/mol. The van der Waals surface area contributed by atoms with Crippen LogP contribution in [0.5, 0.6) is 0 Å². The second-order valence-corrected chi connectivity index (χ2v) is 7.60. The second kappa shape index (κ2) is 7.52. The molecule has 2 heterocycles. The predicted octanol–water partition coefficient (Wildman–Crippen LogP) is 3.21. The molecule has 0 radical (unpaired) electrons. The van der Waals surface area contributed by atoms with Gasteiger partial charge in [-0.05, 0) is 43.4 Å². The largest absolute Gasteiger partial charge is 0.361 e. The molecule has 26 heavy (non-hydrogen) atoms. The van der Waals surface area contributed by atoms with Crippen molar-refractivity contribution in [1.82, 2.24) is 15.2 Å². The van der Waals surface area contributed by atoms with Gasteiger partial charge in [0.1, 0.15) is 0 Å². The Bertz CT molecular complexity index is 791. The Balaban J connectivity index is 1.43. The number of likely N-dealkylation sites (tertiary alicyclic amines) is 1. The van der Waals surface area contributed by atoms with Crippen LogP contribution in [0, 0.1) is 11.8 Å². The van der Waals surface area contributed by atoms with Crippen LogP contribution in [0.2, 0.25) is 0 Å². The number of aromatic amines is 1. The maximum absolute atomic E-state index is 12.9. The molecule has 2 aromatic rings. The lowest BCUT2D eigenvalue weighted by atomic mass is 9.78. The zero-order valence-electron chi connectivity index (χ0n) is 15.2. The molecule has 1 aromatic carbocycles. The number of benzene rings is 1. The van der Waals surface area contributed by atoms with Gasteiger partial charge in [-0.2, -0.15) is 0 Å². The number of nitrogens with zero attached hydrogens (tertiary/aromatic N) is 1. The first kappa shape index (κ1) is 17.1. The van der Waals surface area contributed by atoms with E-state index in [2.05, 4.69) is 10.3 Å². The lowest BCUT2D eigenvalue weighted by molar-refractivity contribution is -0.142. The minimum absolute atomic E-state index is 0.0368. The van der Waals surface area contributed by atoms with Gasteiger partial charge >= 0.3 is 0 Å². The monoisotopic (exact) mass is 353 g/mol. The van der Waals surface area contributed by atoms with Crippen molar-refractivity contribution in [2.75, 3.05) is 13.1 Å². The molecule has 2 N–H and O–H groups in total. The summed E-state index contributed by atoms with van der Waals surface area (Å²) in [6.07, 6.45) is 7.87. The summed E-state index contributed by atoms with van der Waals surface area (Å²) < 4.78 is 0. The molecule has 1 saturated heterocycles. The molecule has 2 atom stereocenters. The van der Waals surface area contributed by atoms with E-state index in [4.69, 9.17) is 0 Å². The summed E-state index contributed by atoms with van der Waals surface area (Å²) >= 11 is 0. The maximum Gasteiger partial charge on any atom is 0.226 e. The highest BCUT2D eigenvalue weighted by atomic mass is 16.2. The van der Waals surface area contributed by atoms with Crippen LogP contribution >= 0.6 is 0 Å². The van der Waals surface area contributed by atoms with Crippen LogP contribution in [0.4, 0.5) is 0 Å². The second-order valence-electron chi connectivity index (χ2n) is 7.60. The third-order valence-electron chi connectivity index (χ3n) is 5.98. The van der Waals surface area contributed by atoms with Crippen LogP contribution in [0.3, 0.4) is 0 Å². The van der Waals surface area contributed by atoms with E-state index >= 15 is 0 Å². The van der Waals surface area contributed by atoms with Gasteiger partial charge < -0.3 is 15.2 Å². The van der Waals surface area contributed by atoms with Crippen LogP contribution in [0.15, 0.2) is 30.5 Å². The Morgan fingerprint density at radius 2 is 1.81 bits per heavy atom.